The first-order valence-corrected chi connectivity index (χ1v) is 13.5. The SMILES string of the molecule is C=C(C)C(C[C@@H](C)[C@H]1CC[C@@]2(C)C3CCC4C(C)(C)[C@@H](O)CC[C@@]45CC35CC[C@]12C)OO. The summed E-state index contributed by atoms with van der Waals surface area (Å²) in [6.45, 7) is 18.4. The van der Waals surface area contributed by atoms with Crippen molar-refractivity contribution in [3.8, 4) is 0 Å². The van der Waals surface area contributed by atoms with E-state index in [1.807, 2.05) is 6.92 Å². The van der Waals surface area contributed by atoms with Gasteiger partial charge in [-0.2, -0.15) is 0 Å². The van der Waals surface area contributed by atoms with Crippen LogP contribution in [0.15, 0.2) is 12.2 Å². The molecule has 2 spiro atoms. The fraction of sp³-hybridized carbons (Fsp3) is 0.931. The minimum atomic E-state index is -0.242. The topological polar surface area (TPSA) is 49.7 Å². The van der Waals surface area contributed by atoms with Gasteiger partial charge in [-0.05, 0) is 127 Å². The van der Waals surface area contributed by atoms with Crippen molar-refractivity contribution in [1.29, 1.82) is 0 Å². The van der Waals surface area contributed by atoms with Crippen LogP contribution in [0.3, 0.4) is 0 Å². The van der Waals surface area contributed by atoms with E-state index in [9.17, 15) is 10.4 Å². The molecule has 32 heavy (non-hydrogen) atoms. The first kappa shape index (κ1) is 23.4. The van der Waals surface area contributed by atoms with Crippen molar-refractivity contribution in [2.45, 2.75) is 118 Å². The smallest absolute Gasteiger partial charge is 0.113 e. The van der Waals surface area contributed by atoms with E-state index in [4.69, 9.17) is 4.89 Å². The molecule has 0 aromatic heterocycles. The normalized spacial score (nSPS) is 52.8. The van der Waals surface area contributed by atoms with E-state index in [2.05, 4.69) is 41.2 Å². The lowest BCUT2D eigenvalue weighted by atomic mass is 9.41. The molecule has 0 amide bonds. The van der Waals surface area contributed by atoms with Crippen LogP contribution >= 0.6 is 0 Å². The zero-order valence-corrected chi connectivity index (χ0v) is 21.5. The highest BCUT2D eigenvalue weighted by atomic mass is 17.1. The highest BCUT2D eigenvalue weighted by Gasteiger charge is 2.82. The molecule has 3 heteroatoms. The van der Waals surface area contributed by atoms with E-state index >= 15 is 0 Å². The van der Waals surface area contributed by atoms with Crippen LogP contribution in [-0.2, 0) is 4.89 Å². The summed E-state index contributed by atoms with van der Waals surface area (Å²) in [6.07, 6.45) is 12.3. The van der Waals surface area contributed by atoms with Crippen LogP contribution in [-0.4, -0.2) is 22.6 Å². The van der Waals surface area contributed by atoms with E-state index in [1.165, 1.54) is 51.4 Å². The third kappa shape index (κ3) is 2.65. The Morgan fingerprint density at radius 3 is 2.25 bits per heavy atom. The second kappa shape index (κ2) is 7.08. The van der Waals surface area contributed by atoms with Gasteiger partial charge in [-0.15, -0.1) is 0 Å². The van der Waals surface area contributed by atoms with Gasteiger partial charge < -0.3 is 5.11 Å². The predicted molar refractivity (Wildman–Crippen MR) is 129 cm³/mol. The molecule has 0 saturated heterocycles. The van der Waals surface area contributed by atoms with Gasteiger partial charge >= 0.3 is 0 Å². The molecule has 5 fully saturated rings. The Labute approximate surface area is 196 Å². The van der Waals surface area contributed by atoms with Crippen molar-refractivity contribution in [3.63, 3.8) is 0 Å². The molecule has 3 nitrogen and oxygen atoms in total. The Morgan fingerprint density at radius 2 is 1.59 bits per heavy atom. The van der Waals surface area contributed by atoms with E-state index in [-0.39, 0.29) is 17.6 Å². The van der Waals surface area contributed by atoms with Crippen LogP contribution in [0.2, 0.25) is 0 Å². The molecular formula is C29H48O3. The summed E-state index contributed by atoms with van der Waals surface area (Å²) in [4.78, 5) is 4.81. The number of hydrogen-bond donors (Lipinski definition) is 2. The Morgan fingerprint density at radius 1 is 0.938 bits per heavy atom. The molecule has 5 saturated carbocycles. The molecule has 2 N–H and O–H groups in total. The summed E-state index contributed by atoms with van der Waals surface area (Å²) in [5.41, 5.74) is 2.85. The quantitative estimate of drug-likeness (QED) is 0.267. The second-order valence-corrected chi connectivity index (χ2v) is 14.2. The zero-order chi connectivity index (χ0) is 23.3. The number of hydrogen-bond acceptors (Lipinski definition) is 3. The molecule has 5 rings (SSSR count). The molecule has 0 aromatic rings. The maximum absolute atomic E-state index is 10.8. The van der Waals surface area contributed by atoms with Gasteiger partial charge in [0.1, 0.15) is 6.10 Å². The highest BCUT2D eigenvalue weighted by molar-refractivity contribution is 5.30. The van der Waals surface area contributed by atoms with Gasteiger partial charge in [0.25, 0.3) is 0 Å². The summed E-state index contributed by atoms with van der Waals surface area (Å²) < 4.78 is 0. The number of fused-ring (bicyclic) bond motifs is 2. The van der Waals surface area contributed by atoms with Crippen LogP contribution in [0.1, 0.15) is 106 Å². The van der Waals surface area contributed by atoms with Crippen molar-refractivity contribution in [2.24, 2.45) is 50.7 Å². The Balaban J connectivity index is 1.42. The maximum Gasteiger partial charge on any atom is 0.113 e. The summed E-state index contributed by atoms with van der Waals surface area (Å²) in [5, 5.41) is 20.3. The van der Waals surface area contributed by atoms with E-state index < -0.39 is 0 Å². The standard InChI is InChI=1S/C29H48O3/c1-18(2)21(32-31)16-19(3)20-10-12-27(7)23-9-8-22-25(4,5)24(30)11-13-28(22)17-29(23,28)15-14-26(20,27)6/h19-24,30-31H,1,8-17H2,2-7H3/t19-,20-,21?,22?,23?,24+,26-,27+,28-,29?/m1/s1. The fourth-order valence-corrected chi connectivity index (χ4v) is 11.1. The van der Waals surface area contributed by atoms with Gasteiger partial charge in [0, 0.05) is 0 Å². The van der Waals surface area contributed by atoms with Gasteiger partial charge in [0.05, 0.1) is 6.10 Å². The second-order valence-electron chi connectivity index (χ2n) is 14.2. The molecule has 0 heterocycles. The zero-order valence-electron chi connectivity index (χ0n) is 21.5. The van der Waals surface area contributed by atoms with Crippen molar-refractivity contribution < 1.29 is 15.3 Å². The van der Waals surface area contributed by atoms with E-state index in [0.717, 1.165) is 24.3 Å². The summed E-state index contributed by atoms with van der Waals surface area (Å²) in [5.74, 6) is 2.77. The lowest BCUT2D eigenvalue weighted by Crippen LogP contribution is -2.57. The Hall–Kier alpha value is -0.380. The van der Waals surface area contributed by atoms with Gasteiger partial charge in [-0.1, -0.05) is 41.2 Å². The average Bonchev–Trinajstić information content (AvgIpc) is 3.31. The van der Waals surface area contributed by atoms with Gasteiger partial charge in [-0.3, -0.25) is 5.26 Å². The molecule has 0 aromatic carbocycles. The minimum absolute atomic E-state index is 0.0724. The summed E-state index contributed by atoms with van der Waals surface area (Å²) >= 11 is 0. The Kier molecular flexibility index (Phi) is 5.17. The van der Waals surface area contributed by atoms with Gasteiger partial charge in [0.2, 0.25) is 0 Å². The monoisotopic (exact) mass is 444 g/mol. The molecule has 4 unspecified atom stereocenters. The van der Waals surface area contributed by atoms with E-state index in [1.54, 1.807) is 0 Å². The Bertz CT molecular complexity index is 789. The lowest BCUT2D eigenvalue weighted by molar-refractivity contribution is -0.272. The third-order valence-electron chi connectivity index (χ3n) is 13.1. The minimum Gasteiger partial charge on any atom is -0.393 e. The van der Waals surface area contributed by atoms with Crippen molar-refractivity contribution in [1.82, 2.24) is 0 Å². The number of aliphatic hydroxyl groups is 1. The molecule has 5 aliphatic carbocycles. The average molecular weight is 445 g/mol. The third-order valence-corrected chi connectivity index (χ3v) is 13.1. The molecular weight excluding hydrogens is 396 g/mol. The number of rotatable bonds is 5. The fourth-order valence-electron chi connectivity index (χ4n) is 11.1. The van der Waals surface area contributed by atoms with Crippen molar-refractivity contribution in [2.75, 3.05) is 0 Å². The van der Waals surface area contributed by atoms with Crippen molar-refractivity contribution >= 4 is 0 Å². The molecule has 0 radical (unpaired) electrons. The molecule has 182 valence electrons. The lowest BCUT2D eigenvalue weighted by Gasteiger charge is -2.63. The van der Waals surface area contributed by atoms with Crippen LogP contribution in [0.25, 0.3) is 0 Å². The molecule has 5 aliphatic rings. The number of aliphatic hydroxyl groups excluding tert-OH is 1. The van der Waals surface area contributed by atoms with Gasteiger partial charge in [-0.25, -0.2) is 4.89 Å². The molecule has 0 bridgehead atoms. The van der Waals surface area contributed by atoms with Crippen LogP contribution in [0.4, 0.5) is 0 Å². The highest BCUT2D eigenvalue weighted by Crippen LogP contribution is 2.89. The maximum atomic E-state index is 10.8. The first-order valence-electron chi connectivity index (χ1n) is 13.5. The van der Waals surface area contributed by atoms with Crippen molar-refractivity contribution in [3.05, 3.63) is 12.2 Å². The van der Waals surface area contributed by atoms with Crippen LogP contribution in [0, 0.1) is 50.7 Å². The largest absolute Gasteiger partial charge is 0.393 e. The predicted octanol–water partition coefficient (Wildman–Crippen LogP) is 7.25. The van der Waals surface area contributed by atoms with Crippen LogP contribution in [0.5, 0.6) is 0 Å². The first-order chi connectivity index (χ1) is 14.9. The molecule has 0 aliphatic heterocycles. The van der Waals surface area contributed by atoms with Gasteiger partial charge in [0.15, 0.2) is 0 Å². The summed E-state index contributed by atoms with van der Waals surface area (Å²) in [6, 6.07) is 0. The van der Waals surface area contributed by atoms with Crippen LogP contribution < -0.4 is 0 Å². The van der Waals surface area contributed by atoms with E-state index in [0.29, 0.717) is 39.4 Å². The summed E-state index contributed by atoms with van der Waals surface area (Å²) in [7, 11) is 0. The molecule has 10 atom stereocenters.